The number of rotatable bonds is 6. The molecule has 0 atom stereocenters. The van der Waals surface area contributed by atoms with Gasteiger partial charge in [-0.25, -0.2) is 4.98 Å². The first kappa shape index (κ1) is 15.4. The van der Waals surface area contributed by atoms with E-state index in [4.69, 9.17) is 4.74 Å². The van der Waals surface area contributed by atoms with Gasteiger partial charge in [-0.05, 0) is 34.6 Å². The minimum Gasteiger partial charge on any atom is -0.430 e. The number of benzene rings is 1. The molecular weight excluding hydrogens is 338 g/mol. The van der Waals surface area contributed by atoms with Crippen molar-refractivity contribution >= 4 is 21.6 Å². The van der Waals surface area contributed by atoms with Crippen molar-refractivity contribution in [2.75, 3.05) is 6.54 Å². The Kier molecular flexibility index (Phi) is 5.24. The van der Waals surface area contributed by atoms with Crippen LogP contribution in [0, 0.1) is 10.1 Å². The Morgan fingerprint density at radius 3 is 2.90 bits per heavy atom. The van der Waals surface area contributed by atoms with Gasteiger partial charge in [0.25, 0.3) is 0 Å². The number of halogens is 1. The molecule has 2 aromatic rings. The number of hydrogen-bond donors (Lipinski definition) is 1. The summed E-state index contributed by atoms with van der Waals surface area (Å²) in [5.41, 5.74) is 0.730. The topological polar surface area (TPSA) is 77.3 Å². The SMILES string of the molecule is CCNCc1cccnc1Oc1c(Br)cccc1[N+](=O)[O-]. The first-order valence-corrected chi connectivity index (χ1v) is 7.18. The molecular formula is C14H14BrN3O3. The highest BCUT2D eigenvalue weighted by Gasteiger charge is 2.20. The standard InChI is InChI=1S/C14H14BrN3O3/c1-2-16-9-10-5-4-8-17-14(10)21-13-11(15)6-3-7-12(13)18(19)20/h3-8,16H,2,9H2,1H3. The number of pyridine rings is 1. The molecule has 0 aliphatic carbocycles. The lowest BCUT2D eigenvalue weighted by atomic mass is 10.2. The molecule has 7 heteroatoms. The van der Waals surface area contributed by atoms with Gasteiger partial charge in [0, 0.05) is 24.4 Å². The molecule has 0 aliphatic heterocycles. The molecule has 0 spiro atoms. The summed E-state index contributed by atoms with van der Waals surface area (Å²) in [6.45, 7) is 3.39. The molecule has 1 N–H and O–H groups in total. The van der Waals surface area contributed by atoms with Crippen LogP contribution in [0.15, 0.2) is 41.0 Å². The predicted molar refractivity (Wildman–Crippen MR) is 82.5 cm³/mol. The molecule has 0 saturated carbocycles. The lowest BCUT2D eigenvalue weighted by Crippen LogP contribution is -2.12. The predicted octanol–water partition coefficient (Wildman–Crippen LogP) is 3.65. The summed E-state index contributed by atoms with van der Waals surface area (Å²) < 4.78 is 6.20. The van der Waals surface area contributed by atoms with Crippen molar-refractivity contribution in [3.05, 3.63) is 56.7 Å². The van der Waals surface area contributed by atoms with E-state index >= 15 is 0 Å². The molecule has 2 rings (SSSR count). The van der Waals surface area contributed by atoms with Crippen LogP contribution in [0.1, 0.15) is 12.5 Å². The van der Waals surface area contributed by atoms with Crippen molar-refractivity contribution in [1.29, 1.82) is 0 Å². The van der Waals surface area contributed by atoms with Crippen LogP contribution in [-0.2, 0) is 6.54 Å². The van der Waals surface area contributed by atoms with Crippen LogP contribution in [0.2, 0.25) is 0 Å². The molecule has 1 aromatic carbocycles. The van der Waals surface area contributed by atoms with Crippen molar-refractivity contribution in [1.82, 2.24) is 10.3 Å². The fourth-order valence-electron chi connectivity index (χ4n) is 1.75. The van der Waals surface area contributed by atoms with Gasteiger partial charge in [0.1, 0.15) is 0 Å². The van der Waals surface area contributed by atoms with Crippen LogP contribution in [0.5, 0.6) is 11.6 Å². The molecule has 0 unspecified atom stereocenters. The molecule has 0 saturated heterocycles. The van der Waals surface area contributed by atoms with Crippen molar-refractivity contribution < 1.29 is 9.66 Å². The summed E-state index contributed by atoms with van der Waals surface area (Å²) in [4.78, 5) is 14.8. The third kappa shape index (κ3) is 3.77. The Morgan fingerprint density at radius 2 is 2.19 bits per heavy atom. The lowest BCUT2D eigenvalue weighted by Gasteiger charge is -2.11. The van der Waals surface area contributed by atoms with E-state index in [9.17, 15) is 10.1 Å². The van der Waals surface area contributed by atoms with E-state index in [0.717, 1.165) is 12.1 Å². The van der Waals surface area contributed by atoms with Crippen LogP contribution >= 0.6 is 15.9 Å². The number of aromatic nitrogens is 1. The second-order valence-electron chi connectivity index (χ2n) is 4.20. The number of para-hydroxylation sites is 1. The largest absolute Gasteiger partial charge is 0.430 e. The van der Waals surface area contributed by atoms with E-state index in [0.29, 0.717) is 16.9 Å². The smallest absolute Gasteiger partial charge is 0.312 e. The molecule has 6 nitrogen and oxygen atoms in total. The Morgan fingerprint density at radius 1 is 1.38 bits per heavy atom. The maximum Gasteiger partial charge on any atom is 0.312 e. The molecule has 110 valence electrons. The van der Waals surface area contributed by atoms with Crippen molar-refractivity contribution in [2.45, 2.75) is 13.5 Å². The molecule has 0 radical (unpaired) electrons. The molecule has 0 bridgehead atoms. The number of ether oxygens (including phenoxy) is 1. The highest BCUT2D eigenvalue weighted by Crippen LogP contribution is 2.38. The van der Waals surface area contributed by atoms with Crippen molar-refractivity contribution in [2.24, 2.45) is 0 Å². The molecule has 0 fully saturated rings. The van der Waals surface area contributed by atoms with E-state index < -0.39 is 4.92 Å². The van der Waals surface area contributed by atoms with Gasteiger partial charge in [0.15, 0.2) is 0 Å². The summed E-state index contributed by atoms with van der Waals surface area (Å²) in [5.74, 6) is 0.507. The average molecular weight is 352 g/mol. The van der Waals surface area contributed by atoms with E-state index in [2.05, 4.69) is 26.2 Å². The van der Waals surface area contributed by atoms with Crippen LogP contribution in [0.4, 0.5) is 5.69 Å². The lowest BCUT2D eigenvalue weighted by molar-refractivity contribution is -0.385. The summed E-state index contributed by atoms with van der Waals surface area (Å²) in [5, 5.41) is 14.3. The summed E-state index contributed by atoms with van der Waals surface area (Å²) in [6.07, 6.45) is 1.59. The van der Waals surface area contributed by atoms with Gasteiger partial charge in [-0.2, -0.15) is 0 Å². The zero-order chi connectivity index (χ0) is 15.2. The van der Waals surface area contributed by atoms with Gasteiger partial charge in [0.05, 0.1) is 9.40 Å². The van der Waals surface area contributed by atoms with Gasteiger partial charge >= 0.3 is 5.69 Å². The Bertz CT molecular complexity index is 649. The normalized spacial score (nSPS) is 10.4. The molecule has 21 heavy (non-hydrogen) atoms. The fraction of sp³-hybridized carbons (Fsp3) is 0.214. The number of nitrogens with one attached hydrogen (secondary N) is 1. The van der Waals surface area contributed by atoms with Gasteiger partial charge in [-0.3, -0.25) is 10.1 Å². The van der Waals surface area contributed by atoms with Gasteiger partial charge in [-0.1, -0.05) is 19.1 Å². The van der Waals surface area contributed by atoms with Crippen molar-refractivity contribution in [3.63, 3.8) is 0 Å². The monoisotopic (exact) mass is 351 g/mol. The van der Waals surface area contributed by atoms with Gasteiger partial charge < -0.3 is 10.1 Å². The highest BCUT2D eigenvalue weighted by molar-refractivity contribution is 9.10. The Labute approximate surface area is 130 Å². The first-order valence-electron chi connectivity index (χ1n) is 6.38. The number of nitro benzene ring substituents is 1. The first-order chi connectivity index (χ1) is 10.1. The molecule has 1 heterocycles. The third-order valence-corrected chi connectivity index (χ3v) is 3.38. The van der Waals surface area contributed by atoms with Crippen LogP contribution < -0.4 is 10.1 Å². The minimum atomic E-state index is -0.479. The fourth-order valence-corrected chi connectivity index (χ4v) is 2.19. The van der Waals surface area contributed by atoms with Gasteiger partial charge in [0.2, 0.25) is 11.6 Å². The zero-order valence-corrected chi connectivity index (χ0v) is 13.0. The van der Waals surface area contributed by atoms with E-state index in [1.807, 2.05) is 13.0 Å². The Hall–Kier alpha value is -1.99. The third-order valence-electron chi connectivity index (χ3n) is 2.76. The van der Waals surface area contributed by atoms with Crippen LogP contribution in [0.25, 0.3) is 0 Å². The highest BCUT2D eigenvalue weighted by atomic mass is 79.9. The second kappa shape index (κ2) is 7.14. The summed E-state index contributed by atoms with van der Waals surface area (Å²) in [6, 6.07) is 8.34. The quantitative estimate of drug-likeness (QED) is 0.634. The van der Waals surface area contributed by atoms with Crippen molar-refractivity contribution in [3.8, 4) is 11.6 Å². The minimum absolute atomic E-state index is 0.107. The number of nitro groups is 1. The zero-order valence-electron chi connectivity index (χ0n) is 11.4. The molecule has 0 amide bonds. The maximum atomic E-state index is 11.1. The maximum absolute atomic E-state index is 11.1. The summed E-state index contributed by atoms with van der Waals surface area (Å²) in [7, 11) is 0. The van der Waals surface area contributed by atoms with Crippen LogP contribution in [0.3, 0.4) is 0 Å². The van der Waals surface area contributed by atoms with E-state index in [1.54, 1.807) is 24.4 Å². The van der Waals surface area contributed by atoms with E-state index in [-0.39, 0.29) is 11.4 Å². The number of nitrogens with zero attached hydrogens (tertiary/aromatic N) is 2. The molecule has 0 aliphatic rings. The van der Waals surface area contributed by atoms with Gasteiger partial charge in [-0.15, -0.1) is 0 Å². The average Bonchev–Trinajstić information content (AvgIpc) is 2.48. The molecule has 1 aromatic heterocycles. The Balaban J connectivity index is 2.37. The van der Waals surface area contributed by atoms with Crippen LogP contribution in [-0.4, -0.2) is 16.5 Å². The summed E-state index contributed by atoms with van der Waals surface area (Å²) >= 11 is 3.28. The number of hydrogen-bond acceptors (Lipinski definition) is 5. The van der Waals surface area contributed by atoms with E-state index in [1.165, 1.54) is 6.07 Å². The second-order valence-corrected chi connectivity index (χ2v) is 5.05.